The molecule has 1 nitrogen and oxygen atoms in total. The number of rotatable bonds is 2. The van der Waals surface area contributed by atoms with Crippen molar-refractivity contribution in [2.75, 3.05) is 6.54 Å². The third-order valence-corrected chi connectivity index (χ3v) is 2.16. The fourth-order valence-electron chi connectivity index (χ4n) is 1.03. The largest absolute Gasteiger partial charge is 0.330 e. The van der Waals surface area contributed by atoms with Crippen molar-refractivity contribution in [3.05, 3.63) is 34.6 Å². The van der Waals surface area contributed by atoms with Crippen LogP contribution in [0.4, 0.5) is 4.39 Å². The molecule has 0 aliphatic heterocycles. The predicted octanol–water partition coefficient (Wildman–Crippen LogP) is 2.96. The van der Waals surface area contributed by atoms with E-state index in [1.165, 1.54) is 6.07 Å². The lowest BCUT2D eigenvalue weighted by Gasteiger charge is -2.10. The van der Waals surface area contributed by atoms with E-state index in [0.29, 0.717) is 12.1 Å². The summed E-state index contributed by atoms with van der Waals surface area (Å²) in [6.07, 6.45) is 0. The van der Waals surface area contributed by atoms with Gasteiger partial charge in [0.1, 0.15) is 5.82 Å². The summed E-state index contributed by atoms with van der Waals surface area (Å²) in [6, 6.07) is 4.97. The van der Waals surface area contributed by atoms with Crippen molar-refractivity contribution < 1.29 is 4.39 Å². The first-order chi connectivity index (χ1) is 5.66. The van der Waals surface area contributed by atoms with Gasteiger partial charge in [-0.1, -0.05) is 30.7 Å². The molecule has 0 heterocycles. The van der Waals surface area contributed by atoms with Gasteiger partial charge in [-0.05, 0) is 24.1 Å². The molecule has 74 valence electrons. The van der Waals surface area contributed by atoms with Crippen LogP contribution in [0.25, 0.3) is 0 Å². The Hall–Kier alpha value is -0.310. The highest BCUT2D eigenvalue weighted by Crippen LogP contribution is 2.23. The highest BCUT2D eigenvalue weighted by Gasteiger charge is 2.10. The molecule has 0 aromatic heterocycles. The van der Waals surface area contributed by atoms with Crippen LogP contribution in [0.15, 0.2) is 18.2 Å². The maximum Gasteiger partial charge on any atom is 0.145 e. The number of halogens is 3. The van der Waals surface area contributed by atoms with Gasteiger partial charge in [-0.15, -0.1) is 12.4 Å². The normalized spacial score (nSPS) is 12.0. The fraction of sp³-hybridized carbons (Fsp3) is 0.333. The Kier molecular flexibility index (Phi) is 5.30. The number of hydrogen-bond acceptors (Lipinski definition) is 1. The molecule has 0 radical (unpaired) electrons. The Balaban J connectivity index is 0.00000144. The van der Waals surface area contributed by atoms with E-state index in [-0.39, 0.29) is 29.2 Å². The van der Waals surface area contributed by atoms with E-state index >= 15 is 0 Å². The van der Waals surface area contributed by atoms with Crippen molar-refractivity contribution in [3.63, 3.8) is 0 Å². The van der Waals surface area contributed by atoms with Crippen LogP contribution in [0.2, 0.25) is 5.02 Å². The van der Waals surface area contributed by atoms with Gasteiger partial charge < -0.3 is 5.73 Å². The van der Waals surface area contributed by atoms with Gasteiger partial charge in [0.25, 0.3) is 0 Å². The maximum atomic E-state index is 13.3. The van der Waals surface area contributed by atoms with Gasteiger partial charge in [0, 0.05) is 0 Å². The van der Waals surface area contributed by atoms with Crippen LogP contribution in [0.5, 0.6) is 0 Å². The van der Waals surface area contributed by atoms with Gasteiger partial charge in [-0.2, -0.15) is 0 Å². The van der Waals surface area contributed by atoms with E-state index < -0.39 is 0 Å². The molecule has 0 aliphatic rings. The maximum absolute atomic E-state index is 13.3. The van der Waals surface area contributed by atoms with Crippen molar-refractivity contribution in [2.24, 2.45) is 5.73 Å². The van der Waals surface area contributed by atoms with Gasteiger partial charge in [-0.25, -0.2) is 4.39 Å². The zero-order valence-electron chi connectivity index (χ0n) is 7.26. The Morgan fingerprint density at radius 1 is 1.54 bits per heavy atom. The van der Waals surface area contributed by atoms with Crippen LogP contribution in [0, 0.1) is 5.82 Å². The second kappa shape index (κ2) is 5.43. The van der Waals surface area contributed by atoms with Crippen molar-refractivity contribution in [2.45, 2.75) is 12.8 Å². The Morgan fingerprint density at radius 3 is 2.69 bits per heavy atom. The third kappa shape index (κ3) is 2.83. The van der Waals surface area contributed by atoms with Gasteiger partial charge in [0.2, 0.25) is 0 Å². The highest BCUT2D eigenvalue weighted by molar-refractivity contribution is 6.30. The summed E-state index contributed by atoms with van der Waals surface area (Å²) in [6.45, 7) is 2.30. The molecule has 4 heteroatoms. The highest BCUT2D eigenvalue weighted by atomic mass is 35.5. The SMILES string of the molecule is CC(CN)c1cccc(Cl)c1F.Cl. The van der Waals surface area contributed by atoms with Crippen LogP contribution < -0.4 is 5.73 Å². The van der Waals surface area contributed by atoms with Gasteiger partial charge in [0.15, 0.2) is 0 Å². The fourth-order valence-corrected chi connectivity index (χ4v) is 1.21. The number of benzene rings is 1. The van der Waals surface area contributed by atoms with E-state index in [0.717, 1.165) is 0 Å². The Morgan fingerprint density at radius 2 is 2.15 bits per heavy atom. The summed E-state index contributed by atoms with van der Waals surface area (Å²) in [4.78, 5) is 0. The molecule has 1 aromatic rings. The molecule has 0 amide bonds. The zero-order valence-corrected chi connectivity index (χ0v) is 8.83. The lowest BCUT2D eigenvalue weighted by molar-refractivity contribution is 0.591. The molecule has 1 rings (SSSR count). The minimum atomic E-state index is -0.350. The minimum Gasteiger partial charge on any atom is -0.330 e. The monoisotopic (exact) mass is 223 g/mol. The molecule has 2 N–H and O–H groups in total. The zero-order chi connectivity index (χ0) is 9.14. The molecular weight excluding hydrogens is 212 g/mol. The summed E-state index contributed by atoms with van der Waals surface area (Å²) in [5.74, 6) is -0.333. The molecular formula is C9H12Cl2FN. The van der Waals surface area contributed by atoms with Crippen LogP contribution in [-0.2, 0) is 0 Å². The van der Waals surface area contributed by atoms with E-state index in [9.17, 15) is 4.39 Å². The predicted molar refractivity (Wildman–Crippen MR) is 56.1 cm³/mol. The molecule has 0 fully saturated rings. The molecule has 13 heavy (non-hydrogen) atoms. The van der Waals surface area contributed by atoms with Crippen LogP contribution in [0.1, 0.15) is 18.4 Å². The first-order valence-corrected chi connectivity index (χ1v) is 4.18. The van der Waals surface area contributed by atoms with Crippen molar-refractivity contribution in [1.29, 1.82) is 0 Å². The van der Waals surface area contributed by atoms with Gasteiger partial charge in [0.05, 0.1) is 5.02 Å². The first-order valence-electron chi connectivity index (χ1n) is 3.80. The van der Waals surface area contributed by atoms with Gasteiger partial charge in [-0.3, -0.25) is 0 Å². The molecule has 0 bridgehead atoms. The smallest absolute Gasteiger partial charge is 0.145 e. The van der Waals surface area contributed by atoms with Crippen LogP contribution in [-0.4, -0.2) is 6.54 Å². The summed E-state index contributed by atoms with van der Waals surface area (Å²) >= 11 is 5.60. The lowest BCUT2D eigenvalue weighted by atomic mass is 10.0. The molecule has 0 saturated carbocycles. The van der Waals surface area contributed by atoms with Crippen LogP contribution in [0.3, 0.4) is 0 Å². The first kappa shape index (κ1) is 12.7. The van der Waals surface area contributed by atoms with Crippen molar-refractivity contribution in [1.82, 2.24) is 0 Å². The van der Waals surface area contributed by atoms with E-state index in [4.69, 9.17) is 17.3 Å². The molecule has 0 aliphatic carbocycles. The average molecular weight is 224 g/mol. The molecule has 0 saturated heterocycles. The topological polar surface area (TPSA) is 26.0 Å². The number of nitrogens with two attached hydrogens (primary N) is 1. The molecule has 0 spiro atoms. The van der Waals surface area contributed by atoms with E-state index in [2.05, 4.69) is 0 Å². The summed E-state index contributed by atoms with van der Waals surface area (Å²) < 4.78 is 13.3. The number of hydrogen-bond donors (Lipinski definition) is 1. The van der Waals surface area contributed by atoms with Crippen molar-refractivity contribution >= 4 is 24.0 Å². The van der Waals surface area contributed by atoms with Crippen LogP contribution >= 0.6 is 24.0 Å². The van der Waals surface area contributed by atoms with Crippen molar-refractivity contribution in [3.8, 4) is 0 Å². The summed E-state index contributed by atoms with van der Waals surface area (Å²) in [7, 11) is 0. The van der Waals surface area contributed by atoms with E-state index in [1.54, 1.807) is 12.1 Å². The van der Waals surface area contributed by atoms with Gasteiger partial charge >= 0.3 is 0 Å². The standard InChI is InChI=1S/C9H11ClFN.ClH/c1-6(5-12)7-3-2-4-8(10)9(7)11;/h2-4,6H,5,12H2,1H3;1H. The Labute approximate surface area is 88.5 Å². The summed E-state index contributed by atoms with van der Waals surface area (Å²) in [5, 5.41) is 0.160. The molecule has 1 atom stereocenters. The Bertz CT molecular complexity index is 278. The molecule has 1 aromatic carbocycles. The summed E-state index contributed by atoms with van der Waals surface area (Å²) in [5.41, 5.74) is 6.00. The lowest BCUT2D eigenvalue weighted by Crippen LogP contribution is -2.10. The average Bonchev–Trinajstić information content (AvgIpc) is 2.08. The third-order valence-electron chi connectivity index (χ3n) is 1.87. The minimum absolute atomic E-state index is 0. The van der Waals surface area contributed by atoms with E-state index in [1.807, 2.05) is 6.92 Å². The molecule has 1 unspecified atom stereocenters. The second-order valence-electron chi connectivity index (χ2n) is 2.78. The second-order valence-corrected chi connectivity index (χ2v) is 3.19. The quantitative estimate of drug-likeness (QED) is 0.821.